The first kappa shape index (κ1) is 22.3. The number of aromatic hydroxyl groups is 4. The topological polar surface area (TPSA) is 107 Å². The molecule has 0 radical (unpaired) electrons. The van der Waals surface area contributed by atoms with E-state index in [0.29, 0.717) is 29.5 Å². The molecule has 2 aromatic carbocycles. The lowest BCUT2D eigenvalue weighted by molar-refractivity contribution is 0.0842. The number of hydrogen-bond donors (Lipinski definition) is 4. The molecule has 0 bridgehead atoms. The molecule has 0 spiro atoms. The van der Waals surface area contributed by atoms with Crippen LogP contribution < -0.4 is 4.74 Å². The second kappa shape index (κ2) is 8.76. The number of benzene rings is 2. The van der Waals surface area contributed by atoms with Crippen LogP contribution in [0.25, 0.3) is 0 Å². The highest BCUT2D eigenvalue weighted by Crippen LogP contribution is 2.46. The van der Waals surface area contributed by atoms with Crippen LogP contribution in [-0.2, 0) is 12.8 Å². The minimum absolute atomic E-state index is 0.0419. The molecule has 2 aromatic rings. The lowest BCUT2D eigenvalue weighted by Crippen LogP contribution is -2.22. The van der Waals surface area contributed by atoms with Crippen LogP contribution in [0.2, 0.25) is 0 Å². The van der Waals surface area contributed by atoms with Gasteiger partial charge in [0.05, 0.1) is 6.42 Å². The number of phenols is 4. The molecule has 1 atom stereocenters. The van der Waals surface area contributed by atoms with E-state index in [9.17, 15) is 25.2 Å². The van der Waals surface area contributed by atoms with Crippen molar-refractivity contribution in [3.63, 3.8) is 0 Å². The summed E-state index contributed by atoms with van der Waals surface area (Å²) in [5.74, 6) is -1.15. The van der Waals surface area contributed by atoms with E-state index in [1.807, 2.05) is 39.8 Å². The number of fused-ring (bicyclic) bond motifs is 1. The molecule has 6 nitrogen and oxygen atoms in total. The van der Waals surface area contributed by atoms with Crippen molar-refractivity contribution in [2.24, 2.45) is 0 Å². The van der Waals surface area contributed by atoms with Crippen molar-refractivity contribution < 1.29 is 30.0 Å². The van der Waals surface area contributed by atoms with Crippen LogP contribution in [0.15, 0.2) is 41.5 Å². The van der Waals surface area contributed by atoms with Crippen LogP contribution in [0.1, 0.15) is 67.3 Å². The maximum absolute atomic E-state index is 12.9. The molecule has 0 aliphatic carbocycles. The summed E-state index contributed by atoms with van der Waals surface area (Å²) in [6.07, 6.45) is 3.80. The average molecular weight is 424 g/mol. The zero-order valence-corrected chi connectivity index (χ0v) is 18.2. The van der Waals surface area contributed by atoms with E-state index in [1.54, 1.807) is 6.07 Å². The first-order chi connectivity index (χ1) is 14.6. The van der Waals surface area contributed by atoms with Gasteiger partial charge in [0.15, 0.2) is 17.3 Å². The Balaban J connectivity index is 2.07. The Bertz CT molecular complexity index is 1090. The number of ether oxygens (including phenoxy) is 1. The van der Waals surface area contributed by atoms with E-state index >= 15 is 0 Å². The highest BCUT2D eigenvalue weighted by Gasteiger charge is 2.34. The Hall–Kier alpha value is -3.41. The van der Waals surface area contributed by atoms with Crippen LogP contribution in [0.5, 0.6) is 28.7 Å². The molecular weight excluding hydrogens is 396 g/mol. The molecule has 1 heterocycles. The van der Waals surface area contributed by atoms with Crippen molar-refractivity contribution in [1.82, 2.24) is 0 Å². The summed E-state index contributed by atoms with van der Waals surface area (Å²) in [6.45, 7) is 7.72. The van der Waals surface area contributed by atoms with Gasteiger partial charge in [-0.2, -0.15) is 0 Å². The van der Waals surface area contributed by atoms with Crippen molar-refractivity contribution in [1.29, 1.82) is 0 Å². The first-order valence-electron chi connectivity index (χ1n) is 10.2. The van der Waals surface area contributed by atoms with Crippen molar-refractivity contribution >= 4 is 5.78 Å². The minimum atomic E-state index is -0.733. The number of ketones is 1. The van der Waals surface area contributed by atoms with Gasteiger partial charge in [0, 0.05) is 17.2 Å². The molecule has 0 unspecified atom stereocenters. The predicted octanol–water partition coefficient (Wildman–Crippen LogP) is 5.23. The maximum Gasteiger partial charge on any atom is 0.174 e. The number of allylic oxidation sites excluding steroid dienone is 4. The normalized spacial score (nSPS) is 15.1. The molecule has 1 aliphatic heterocycles. The number of carbonyl (C=O) groups excluding carboxylic acids is 1. The van der Waals surface area contributed by atoms with E-state index in [0.717, 1.165) is 11.1 Å². The number of Topliss-reactive ketones (excluding diaryl/α,β-unsaturated/α-hetero) is 1. The van der Waals surface area contributed by atoms with Gasteiger partial charge in [-0.25, -0.2) is 0 Å². The largest absolute Gasteiger partial charge is 0.507 e. The molecule has 0 amide bonds. The third kappa shape index (κ3) is 4.68. The summed E-state index contributed by atoms with van der Waals surface area (Å²) in [4.78, 5) is 12.9. The van der Waals surface area contributed by atoms with Crippen LogP contribution in [-0.4, -0.2) is 26.2 Å². The fourth-order valence-electron chi connectivity index (χ4n) is 3.57. The smallest absolute Gasteiger partial charge is 0.174 e. The Morgan fingerprint density at radius 1 is 0.935 bits per heavy atom. The van der Waals surface area contributed by atoms with E-state index in [-0.39, 0.29) is 46.5 Å². The summed E-state index contributed by atoms with van der Waals surface area (Å²) in [6, 6.07) is 4.25. The van der Waals surface area contributed by atoms with Gasteiger partial charge in [0.1, 0.15) is 28.9 Å². The molecule has 31 heavy (non-hydrogen) atoms. The zero-order chi connectivity index (χ0) is 22.9. The van der Waals surface area contributed by atoms with Gasteiger partial charge in [-0.3, -0.25) is 4.79 Å². The lowest BCUT2D eigenvalue weighted by Gasteiger charge is -2.28. The average Bonchev–Trinajstić information content (AvgIpc) is 2.67. The fraction of sp³-hybridized carbons (Fsp3) is 0.320. The van der Waals surface area contributed by atoms with Gasteiger partial charge in [-0.05, 0) is 58.2 Å². The summed E-state index contributed by atoms with van der Waals surface area (Å²) in [5, 5.41) is 41.1. The molecule has 0 aromatic heterocycles. The van der Waals surface area contributed by atoms with Crippen molar-refractivity contribution in [3.05, 3.63) is 63.8 Å². The summed E-state index contributed by atoms with van der Waals surface area (Å²) < 4.78 is 6.11. The number of hydrogen-bond acceptors (Lipinski definition) is 6. The summed E-state index contributed by atoms with van der Waals surface area (Å²) >= 11 is 0. The number of rotatable bonds is 5. The van der Waals surface area contributed by atoms with Gasteiger partial charge in [0.2, 0.25) is 0 Å². The Labute approximate surface area is 181 Å². The number of phenolic OH excluding ortho intramolecular Hbond substituents is 4. The quantitative estimate of drug-likeness (QED) is 0.387. The summed E-state index contributed by atoms with van der Waals surface area (Å²) in [7, 11) is 0. The standard InChI is InChI=1S/C25H28O6/c1-13(2)5-7-15-9-16(10-21(29)24(15)30)22-12-20(28)23-19(27)11-18(26)17(25(23)31-22)8-6-14(3)4/h5-6,9-11,22,26-27,29-30H,7-8,12H2,1-4H3/t22-/m0/s1. The molecule has 164 valence electrons. The second-order valence-corrected chi connectivity index (χ2v) is 8.35. The Morgan fingerprint density at radius 3 is 2.23 bits per heavy atom. The monoisotopic (exact) mass is 424 g/mol. The molecule has 0 fully saturated rings. The first-order valence-corrected chi connectivity index (χ1v) is 10.2. The Morgan fingerprint density at radius 2 is 1.58 bits per heavy atom. The zero-order valence-electron chi connectivity index (χ0n) is 18.2. The van der Waals surface area contributed by atoms with Crippen LogP contribution in [0.4, 0.5) is 0 Å². The second-order valence-electron chi connectivity index (χ2n) is 8.35. The third-order valence-electron chi connectivity index (χ3n) is 5.26. The molecule has 0 saturated carbocycles. The van der Waals surface area contributed by atoms with Gasteiger partial charge in [-0.1, -0.05) is 23.3 Å². The van der Waals surface area contributed by atoms with Crippen LogP contribution in [0, 0.1) is 0 Å². The molecule has 4 N–H and O–H groups in total. The van der Waals surface area contributed by atoms with Gasteiger partial charge >= 0.3 is 0 Å². The van der Waals surface area contributed by atoms with Crippen LogP contribution in [0.3, 0.4) is 0 Å². The Kier molecular flexibility index (Phi) is 6.29. The molecular formula is C25H28O6. The van der Waals surface area contributed by atoms with Crippen molar-refractivity contribution in [3.8, 4) is 28.7 Å². The summed E-state index contributed by atoms with van der Waals surface area (Å²) in [5.41, 5.74) is 3.62. The van der Waals surface area contributed by atoms with Gasteiger partial charge in [0.25, 0.3) is 0 Å². The molecule has 0 saturated heterocycles. The van der Waals surface area contributed by atoms with E-state index in [1.165, 1.54) is 12.1 Å². The van der Waals surface area contributed by atoms with E-state index in [2.05, 4.69) is 0 Å². The van der Waals surface area contributed by atoms with Gasteiger partial charge in [-0.15, -0.1) is 0 Å². The molecule has 3 rings (SSSR count). The van der Waals surface area contributed by atoms with Crippen molar-refractivity contribution in [2.45, 2.75) is 53.1 Å². The minimum Gasteiger partial charge on any atom is -0.507 e. The number of carbonyl (C=O) groups is 1. The fourth-order valence-corrected chi connectivity index (χ4v) is 3.57. The third-order valence-corrected chi connectivity index (χ3v) is 5.26. The predicted molar refractivity (Wildman–Crippen MR) is 118 cm³/mol. The lowest BCUT2D eigenvalue weighted by atomic mass is 9.91. The van der Waals surface area contributed by atoms with Gasteiger partial charge < -0.3 is 25.2 Å². The SMILES string of the molecule is CC(C)=CCc1cc([C@@H]2CC(=O)c3c(O)cc(O)c(CC=C(C)C)c3O2)cc(O)c1O. The van der Waals surface area contributed by atoms with Crippen molar-refractivity contribution in [2.75, 3.05) is 0 Å². The highest BCUT2D eigenvalue weighted by molar-refractivity contribution is 6.03. The highest BCUT2D eigenvalue weighted by atomic mass is 16.5. The molecule has 1 aliphatic rings. The molecule has 6 heteroatoms. The van der Waals surface area contributed by atoms with Crippen LogP contribution >= 0.6 is 0 Å². The van der Waals surface area contributed by atoms with E-state index in [4.69, 9.17) is 4.74 Å². The van der Waals surface area contributed by atoms with E-state index < -0.39 is 6.10 Å². The maximum atomic E-state index is 12.9.